The molecule has 1 aromatic carbocycles. The van der Waals surface area contributed by atoms with Crippen molar-refractivity contribution in [2.24, 2.45) is 0 Å². The molecule has 0 aliphatic carbocycles. The first kappa shape index (κ1) is 16.0. The van der Waals surface area contributed by atoms with Crippen LogP contribution in [-0.2, 0) is 14.3 Å². The first-order valence-corrected chi connectivity index (χ1v) is 5.53. The van der Waals surface area contributed by atoms with Gasteiger partial charge in [0.05, 0.1) is 14.2 Å². The Morgan fingerprint density at radius 3 is 2.10 bits per heavy atom. The van der Waals surface area contributed by atoms with Gasteiger partial charge in [0.25, 0.3) is 0 Å². The van der Waals surface area contributed by atoms with Gasteiger partial charge in [-0.15, -0.1) is 0 Å². The van der Waals surface area contributed by atoms with Crippen LogP contribution < -0.4 is 9.47 Å². The number of carboxylic acid groups (broad SMARTS) is 1. The quantitative estimate of drug-likeness (QED) is 0.511. The molecule has 0 spiro atoms. The second-order valence-corrected chi connectivity index (χ2v) is 3.49. The van der Waals surface area contributed by atoms with E-state index < -0.39 is 18.3 Å². The lowest BCUT2D eigenvalue weighted by Gasteiger charge is -2.09. The summed E-state index contributed by atoms with van der Waals surface area (Å²) in [6.07, 6.45) is 0.148. The van der Waals surface area contributed by atoms with Crippen LogP contribution in [0.4, 0.5) is 9.59 Å². The summed E-state index contributed by atoms with van der Waals surface area (Å²) < 4.78 is 18.3. The molecule has 8 nitrogen and oxygen atoms in total. The molecular weight excluding hydrogens is 284 g/mol. The van der Waals surface area contributed by atoms with E-state index in [4.69, 9.17) is 14.6 Å². The summed E-state index contributed by atoms with van der Waals surface area (Å²) >= 11 is 0. The van der Waals surface area contributed by atoms with Crippen molar-refractivity contribution < 1.29 is 38.4 Å². The molecule has 0 bridgehead atoms. The Morgan fingerprint density at radius 2 is 1.57 bits per heavy atom. The summed E-state index contributed by atoms with van der Waals surface area (Å²) in [5.74, 6) is -1.35. The predicted octanol–water partition coefficient (Wildman–Crippen LogP) is 2.07. The Labute approximate surface area is 119 Å². The van der Waals surface area contributed by atoms with Gasteiger partial charge in [-0.05, 0) is 23.8 Å². The number of aliphatic carboxylic acids is 1. The van der Waals surface area contributed by atoms with E-state index in [0.29, 0.717) is 5.56 Å². The van der Waals surface area contributed by atoms with Gasteiger partial charge in [0.2, 0.25) is 0 Å². The number of carbonyl (C=O) groups is 3. The molecule has 0 aromatic heterocycles. The van der Waals surface area contributed by atoms with Crippen LogP contribution in [0.25, 0.3) is 6.08 Å². The molecule has 21 heavy (non-hydrogen) atoms. The van der Waals surface area contributed by atoms with E-state index in [-0.39, 0.29) is 11.5 Å². The average molecular weight is 296 g/mol. The zero-order valence-electron chi connectivity index (χ0n) is 11.2. The minimum atomic E-state index is -1.14. The van der Waals surface area contributed by atoms with Crippen LogP contribution in [0.2, 0.25) is 0 Å². The van der Waals surface area contributed by atoms with Crippen LogP contribution in [0.5, 0.6) is 11.5 Å². The third-order valence-electron chi connectivity index (χ3n) is 2.11. The number of methoxy groups -OCH3 is 2. The van der Waals surface area contributed by atoms with Gasteiger partial charge in [0.15, 0.2) is 11.5 Å². The first-order valence-electron chi connectivity index (χ1n) is 5.53. The highest BCUT2D eigenvalue weighted by Crippen LogP contribution is 2.29. The number of rotatable bonds is 4. The normalized spacial score (nSPS) is 10.0. The summed E-state index contributed by atoms with van der Waals surface area (Å²) in [6, 6.07) is 4.08. The van der Waals surface area contributed by atoms with Crippen molar-refractivity contribution in [1.29, 1.82) is 0 Å². The van der Waals surface area contributed by atoms with Crippen molar-refractivity contribution >= 4 is 24.4 Å². The monoisotopic (exact) mass is 296 g/mol. The first-order chi connectivity index (χ1) is 9.96. The number of hydrogen-bond acceptors (Lipinski definition) is 7. The minimum Gasteiger partial charge on any atom is -0.478 e. The molecule has 112 valence electrons. The highest BCUT2D eigenvalue weighted by atomic mass is 16.7. The van der Waals surface area contributed by atoms with E-state index in [1.165, 1.54) is 24.3 Å². The number of hydrogen-bond donors (Lipinski definition) is 1. The molecule has 1 aromatic rings. The van der Waals surface area contributed by atoms with E-state index in [9.17, 15) is 14.4 Å². The van der Waals surface area contributed by atoms with E-state index in [2.05, 4.69) is 9.47 Å². The lowest BCUT2D eigenvalue weighted by atomic mass is 10.2. The van der Waals surface area contributed by atoms with Crippen molar-refractivity contribution in [3.05, 3.63) is 29.8 Å². The maximum atomic E-state index is 11.1. The van der Waals surface area contributed by atoms with Crippen molar-refractivity contribution in [3.63, 3.8) is 0 Å². The number of carbonyl (C=O) groups excluding carboxylic acids is 2. The molecule has 0 saturated heterocycles. The van der Waals surface area contributed by atoms with Crippen LogP contribution in [0.3, 0.4) is 0 Å². The second-order valence-electron chi connectivity index (χ2n) is 3.49. The van der Waals surface area contributed by atoms with Crippen LogP contribution in [-0.4, -0.2) is 37.6 Å². The number of benzene rings is 1. The van der Waals surface area contributed by atoms with Crippen molar-refractivity contribution in [2.75, 3.05) is 14.2 Å². The fraction of sp³-hybridized carbons (Fsp3) is 0.154. The highest BCUT2D eigenvalue weighted by Gasteiger charge is 2.14. The van der Waals surface area contributed by atoms with Crippen LogP contribution in [0.1, 0.15) is 5.56 Å². The van der Waals surface area contributed by atoms with Gasteiger partial charge in [0.1, 0.15) is 0 Å². The highest BCUT2D eigenvalue weighted by molar-refractivity contribution is 5.85. The molecule has 0 heterocycles. The zero-order chi connectivity index (χ0) is 15.8. The van der Waals surface area contributed by atoms with E-state index in [1.54, 1.807) is 0 Å². The summed E-state index contributed by atoms with van der Waals surface area (Å²) in [5.41, 5.74) is 0.411. The van der Waals surface area contributed by atoms with Gasteiger partial charge in [-0.2, -0.15) is 0 Å². The van der Waals surface area contributed by atoms with Gasteiger partial charge < -0.3 is 24.1 Å². The van der Waals surface area contributed by atoms with Crippen molar-refractivity contribution in [1.82, 2.24) is 0 Å². The Morgan fingerprint density at radius 1 is 1.00 bits per heavy atom. The zero-order valence-corrected chi connectivity index (χ0v) is 11.2. The molecule has 0 radical (unpaired) electrons. The minimum absolute atomic E-state index is 0.0836. The third-order valence-corrected chi connectivity index (χ3v) is 2.11. The Balaban J connectivity index is 3.09. The SMILES string of the molecule is COC(=O)Oc1ccc(/C=C/C(=O)O)cc1OC(=O)OC. The van der Waals surface area contributed by atoms with Crippen LogP contribution in [0, 0.1) is 0 Å². The van der Waals surface area contributed by atoms with E-state index >= 15 is 0 Å². The smallest absolute Gasteiger partial charge is 0.478 e. The molecule has 0 aliphatic heterocycles. The standard InChI is InChI=1S/C13H12O8/c1-18-12(16)20-9-5-3-8(4-6-11(14)15)7-10(9)21-13(17)19-2/h3-7H,1-2H3,(H,14,15)/b6-4+. The molecule has 0 atom stereocenters. The fourth-order valence-electron chi connectivity index (χ4n) is 1.22. The van der Waals surface area contributed by atoms with Crippen LogP contribution in [0.15, 0.2) is 24.3 Å². The molecule has 1 N–H and O–H groups in total. The number of ether oxygens (including phenoxy) is 4. The average Bonchev–Trinajstić information content (AvgIpc) is 2.46. The third kappa shape index (κ3) is 5.23. The maximum absolute atomic E-state index is 11.1. The molecule has 0 saturated carbocycles. The molecule has 8 heteroatoms. The lowest BCUT2D eigenvalue weighted by Crippen LogP contribution is -2.12. The molecule has 0 unspecified atom stereocenters. The summed E-state index contributed by atoms with van der Waals surface area (Å²) in [6.45, 7) is 0. The van der Waals surface area contributed by atoms with Gasteiger partial charge in [-0.3, -0.25) is 0 Å². The van der Waals surface area contributed by atoms with E-state index in [1.807, 2.05) is 0 Å². The predicted molar refractivity (Wildman–Crippen MR) is 69.2 cm³/mol. The van der Waals surface area contributed by atoms with Gasteiger partial charge in [-0.25, -0.2) is 14.4 Å². The maximum Gasteiger partial charge on any atom is 0.513 e. The Hall–Kier alpha value is -3.03. The fourth-order valence-corrected chi connectivity index (χ4v) is 1.22. The van der Waals surface area contributed by atoms with Gasteiger partial charge >= 0.3 is 18.3 Å². The molecule has 1 rings (SSSR count). The van der Waals surface area contributed by atoms with E-state index in [0.717, 1.165) is 20.3 Å². The van der Waals surface area contributed by atoms with Gasteiger partial charge in [0, 0.05) is 6.08 Å². The lowest BCUT2D eigenvalue weighted by molar-refractivity contribution is -0.131. The topological polar surface area (TPSA) is 108 Å². The van der Waals surface area contributed by atoms with Gasteiger partial charge in [-0.1, -0.05) is 6.07 Å². The van der Waals surface area contributed by atoms with Crippen molar-refractivity contribution in [2.45, 2.75) is 0 Å². The van der Waals surface area contributed by atoms with Crippen molar-refractivity contribution in [3.8, 4) is 11.5 Å². The summed E-state index contributed by atoms with van der Waals surface area (Å²) in [7, 11) is 2.23. The molecule has 0 amide bonds. The Bertz CT molecular complexity index is 576. The molecule has 0 fully saturated rings. The molecular formula is C13H12O8. The Kier molecular flexibility index (Phi) is 5.75. The largest absolute Gasteiger partial charge is 0.513 e. The van der Waals surface area contributed by atoms with Crippen LogP contribution >= 0.6 is 0 Å². The summed E-state index contributed by atoms with van der Waals surface area (Å²) in [5, 5.41) is 8.55. The number of carboxylic acids is 1. The second kappa shape index (κ2) is 7.53. The summed E-state index contributed by atoms with van der Waals surface area (Å²) in [4.78, 5) is 32.7. The molecule has 0 aliphatic rings.